The largest absolute Gasteiger partial charge is 0.511 e. The van der Waals surface area contributed by atoms with Gasteiger partial charge in [0.1, 0.15) is 11.5 Å². The summed E-state index contributed by atoms with van der Waals surface area (Å²) in [6, 6.07) is 23.0. The summed E-state index contributed by atoms with van der Waals surface area (Å²) in [5, 5.41) is 44.7. The minimum atomic E-state index is -0.725. The van der Waals surface area contributed by atoms with Crippen LogP contribution in [-0.2, 0) is 23.1 Å². The first-order valence-electron chi connectivity index (χ1n) is 20.9. The minimum Gasteiger partial charge on any atom is -0.511 e. The summed E-state index contributed by atoms with van der Waals surface area (Å²) >= 11 is 0. The quantitative estimate of drug-likeness (QED) is 0.124. The molecule has 8 rings (SSSR count). The number of fused-ring (bicyclic) bond motifs is 3. The number of hydrogen-bond donors (Lipinski definition) is 4. The van der Waals surface area contributed by atoms with Crippen LogP contribution in [0.2, 0.25) is 0 Å². The second-order valence-corrected chi connectivity index (χ2v) is 17.4. The zero-order valence-electron chi connectivity index (χ0n) is 31.7. The molecule has 3 aromatic carbocycles. The molecule has 54 heavy (non-hydrogen) atoms. The van der Waals surface area contributed by atoms with Crippen molar-refractivity contribution < 1.29 is 25.2 Å². The van der Waals surface area contributed by atoms with Gasteiger partial charge in [-0.05, 0) is 145 Å². The number of carboxylic acid groups (broad SMARTS) is 1. The van der Waals surface area contributed by atoms with E-state index in [0.717, 1.165) is 61.8 Å². The van der Waals surface area contributed by atoms with E-state index in [9.17, 15) is 25.2 Å². The number of hydrogen-bond acceptors (Lipinski definition) is 4. The molecule has 4 N–H and O–H groups in total. The van der Waals surface area contributed by atoms with Gasteiger partial charge in [-0.1, -0.05) is 105 Å². The van der Waals surface area contributed by atoms with Crippen molar-refractivity contribution >= 4 is 17.8 Å². The summed E-state index contributed by atoms with van der Waals surface area (Å²) < 4.78 is 0. The first-order chi connectivity index (χ1) is 26.3. The smallest absolute Gasteiger partial charge is 0.307 e. The molecule has 8 unspecified atom stereocenters. The Labute approximate surface area is 320 Å². The maximum Gasteiger partial charge on any atom is 0.307 e. The van der Waals surface area contributed by atoms with Crippen LogP contribution in [0.1, 0.15) is 112 Å². The third-order valence-corrected chi connectivity index (χ3v) is 14.4. The molecular weight excluding hydrogens is 669 g/mol. The van der Waals surface area contributed by atoms with Gasteiger partial charge in [0.2, 0.25) is 0 Å². The van der Waals surface area contributed by atoms with Crippen LogP contribution in [0.5, 0.6) is 5.75 Å². The molecule has 8 atom stereocenters. The van der Waals surface area contributed by atoms with Crippen molar-refractivity contribution in [1.82, 2.24) is 0 Å². The Balaban J connectivity index is 1.11. The molecule has 0 amide bonds. The number of aryl methyl sites for hydroxylation is 1. The second kappa shape index (κ2) is 15.9. The monoisotopic (exact) mass is 726 g/mol. The number of benzene rings is 3. The van der Waals surface area contributed by atoms with Crippen LogP contribution >= 0.6 is 0 Å². The molecule has 0 saturated heterocycles. The third-order valence-electron chi connectivity index (χ3n) is 14.4. The van der Waals surface area contributed by atoms with E-state index in [1.54, 1.807) is 0 Å². The first kappa shape index (κ1) is 36.9. The minimum absolute atomic E-state index is 0.105. The molecule has 1 saturated carbocycles. The highest BCUT2D eigenvalue weighted by atomic mass is 16.4. The highest BCUT2D eigenvalue weighted by Crippen LogP contribution is 2.60. The number of aliphatic carboxylic acids is 1. The molecule has 0 heterocycles. The molecule has 284 valence electrons. The molecule has 1 spiro atoms. The summed E-state index contributed by atoms with van der Waals surface area (Å²) in [4.78, 5) is 13.6. The van der Waals surface area contributed by atoms with E-state index >= 15 is 0 Å². The van der Waals surface area contributed by atoms with Crippen LogP contribution in [0.3, 0.4) is 0 Å². The van der Waals surface area contributed by atoms with Gasteiger partial charge in [0.05, 0.1) is 12.5 Å². The Hall–Kier alpha value is -4.09. The average Bonchev–Trinajstić information content (AvgIpc) is 3.65. The molecule has 0 aliphatic heterocycles. The number of carboxylic acids is 1. The fraction of sp³-hybridized carbons (Fsp3) is 0.490. The molecule has 5 nitrogen and oxygen atoms in total. The van der Waals surface area contributed by atoms with E-state index in [2.05, 4.69) is 60.7 Å². The Kier molecular flexibility index (Phi) is 10.9. The van der Waals surface area contributed by atoms with Gasteiger partial charge in [0.15, 0.2) is 0 Å². The van der Waals surface area contributed by atoms with Crippen LogP contribution in [0.4, 0.5) is 0 Å². The van der Waals surface area contributed by atoms with Crippen LogP contribution in [-0.4, -0.2) is 33.0 Å². The van der Waals surface area contributed by atoms with E-state index in [1.165, 1.54) is 59.9 Å². The summed E-state index contributed by atoms with van der Waals surface area (Å²) in [7, 11) is 0. The van der Waals surface area contributed by atoms with Gasteiger partial charge in [0.25, 0.3) is 0 Å². The van der Waals surface area contributed by atoms with E-state index in [-0.39, 0.29) is 36.0 Å². The number of rotatable bonds is 10. The fourth-order valence-electron chi connectivity index (χ4n) is 11.7. The van der Waals surface area contributed by atoms with Gasteiger partial charge in [0, 0.05) is 16.6 Å². The van der Waals surface area contributed by atoms with E-state index in [4.69, 9.17) is 0 Å². The maximum atomic E-state index is 13.6. The number of phenols is 1. The van der Waals surface area contributed by atoms with E-state index < -0.39 is 17.3 Å². The number of unbranched alkanes of at least 4 members (excludes halogenated alkanes) is 3. The van der Waals surface area contributed by atoms with Crippen LogP contribution in [0.25, 0.3) is 11.8 Å². The van der Waals surface area contributed by atoms with Gasteiger partial charge in [-0.3, -0.25) is 4.79 Å². The number of aromatic hydroxyl groups is 1. The Morgan fingerprint density at radius 1 is 0.815 bits per heavy atom. The lowest BCUT2D eigenvalue weighted by atomic mass is 9.47. The number of aliphatic hydroxyl groups is 2. The van der Waals surface area contributed by atoms with Crippen LogP contribution in [0.15, 0.2) is 90.5 Å². The average molecular weight is 727 g/mol. The van der Waals surface area contributed by atoms with Crippen molar-refractivity contribution in [3.8, 4) is 5.75 Å². The molecule has 5 aliphatic carbocycles. The van der Waals surface area contributed by atoms with Gasteiger partial charge in [-0.2, -0.15) is 0 Å². The third kappa shape index (κ3) is 7.21. The molecular formula is C49H58O5. The van der Waals surface area contributed by atoms with Crippen molar-refractivity contribution in [2.24, 2.45) is 35.5 Å². The standard InChI is InChI=1S/C49H58O5/c50-31-34-16-15-32(25-34)9-3-1-2-4-10-35-11-6-8-14-45(48(53)54)49-30-44-39(28-38-12-5-7-13-42(38)47(44)52)29-40(49)22-19-37-18-17-33(27-46(37)49)26-43(35)36-20-23-41(51)24-21-36/h5-8,12-13,17-18,20-21,23-25,27-28,32,35,39-40,43-45,50-52H,1-4,9-11,14-16,19,22,26,29-31H2,(H,53,54). The number of carbonyl (C=O) groups is 1. The van der Waals surface area contributed by atoms with Crippen molar-refractivity contribution in [3.63, 3.8) is 0 Å². The molecule has 3 aromatic rings. The predicted molar refractivity (Wildman–Crippen MR) is 215 cm³/mol. The maximum absolute atomic E-state index is 13.6. The molecule has 5 heteroatoms. The van der Waals surface area contributed by atoms with Crippen molar-refractivity contribution in [3.05, 3.63) is 123 Å². The number of aliphatic hydroxyl groups excluding tert-OH is 2. The van der Waals surface area contributed by atoms with E-state index in [0.29, 0.717) is 30.4 Å². The molecule has 2 bridgehead atoms. The SMILES string of the molecule is O=C(O)C1CC=CCC(CCCCCCC2C=C(CO)CC2)C(c2ccc(O)cc2)Cc2ccc3c(c2)C12CC1C(O)=c4ccccc4=CC1CC2CC3. The summed E-state index contributed by atoms with van der Waals surface area (Å²) in [6.07, 6.45) is 24.2. The topological polar surface area (TPSA) is 98.0 Å². The molecule has 5 aliphatic rings. The first-order valence-corrected chi connectivity index (χ1v) is 20.9. The summed E-state index contributed by atoms with van der Waals surface area (Å²) in [5.74, 6) is 0.997. The zero-order chi connectivity index (χ0) is 37.2. The lowest BCUT2D eigenvalue weighted by Crippen LogP contribution is -2.55. The highest BCUT2D eigenvalue weighted by molar-refractivity contribution is 5.74. The summed E-state index contributed by atoms with van der Waals surface area (Å²) in [5.41, 5.74) is 5.63. The lowest BCUT2D eigenvalue weighted by Gasteiger charge is -2.56. The van der Waals surface area contributed by atoms with Gasteiger partial charge >= 0.3 is 5.97 Å². The zero-order valence-corrected chi connectivity index (χ0v) is 31.7. The van der Waals surface area contributed by atoms with Gasteiger partial charge in [-0.25, -0.2) is 0 Å². The molecule has 0 radical (unpaired) electrons. The normalized spacial score (nSPS) is 30.1. The Bertz CT molecular complexity index is 2010. The van der Waals surface area contributed by atoms with Crippen molar-refractivity contribution in [1.29, 1.82) is 0 Å². The van der Waals surface area contributed by atoms with Gasteiger partial charge in [-0.15, -0.1) is 0 Å². The number of allylic oxidation sites excluding steroid dienone is 3. The Morgan fingerprint density at radius 3 is 2.41 bits per heavy atom. The summed E-state index contributed by atoms with van der Waals surface area (Å²) in [6.45, 7) is 0.205. The second-order valence-electron chi connectivity index (χ2n) is 17.4. The van der Waals surface area contributed by atoms with Crippen LogP contribution < -0.4 is 10.4 Å². The van der Waals surface area contributed by atoms with E-state index in [1.807, 2.05) is 30.3 Å². The highest BCUT2D eigenvalue weighted by Gasteiger charge is 2.57. The van der Waals surface area contributed by atoms with Crippen molar-refractivity contribution in [2.45, 2.75) is 108 Å². The number of phenolic OH excluding ortho intramolecular Hbond substituents is 1. The molecule has 0 aromatic heterocycles. The van der Waals surface area contributed by atoms with Crippen molar-refractivity contribution in [2.75, 3.05) is 6.61 Å². The molecule has 1 fully saturated rings. The Morgan fingerprint density at radius 2 is 1.61 bits per heavy atom. The fourth-order valence-corrected chi connectivity index (χ4v) is 11.7. The van der Waals surface area contributed by atoms with Crippen LogP contribution in [0, 0.1) is 35.5 Å². The van der Waals surface area contributed by atoms with Gasteiger partial charge < -0.3 is 20.4 Å². The predicted octanol–water partition coefficient (Wildman–Crippen LogP) is 9.04. The lowest BCUT2D eigenvalue weighted by molar-refractivity contribution is -0.147.